The Balaban J connectivity index is 1.77. The first-order valence-electron chi connectivity index (χ1n) is 5.87. The van der Waals surface area contributed by atoms with E-state index in [2.05, 4.69) is 40.3 Å². The van der Waals surface area contributed by atoms with Gasteiger partial charge in [-0.15, -0.1) is 11.3 Å². The zero-order chi connectivity index (χ0) is 11.4. The average molecular weight is 304 g/mol. The molecule has 1 saturated heterocycles. The quantitative estimate of drug-likeness (QED) is 0.918. The molecule has 2 heterocycles. The molecule has 0 aromatic carbocycles. The lowest BCUT2D eigenvalue weighted by Gasteiger charge is -2.29. The second-order valence-electron chi connectivity index (χ2n) is 4.21. The standard InChI is InChI=1S/C12H18BrNOS/c1-2-10-7-9(5-6-15-10)14-8-11-3-4-12(13)16-11/h3-4,9-10,14H,2,5-8H2,1H3. The van der Waals surface area contributed by atoms with Crippen LogP contribution in [0.15, 0.2) is 15.9 Å². The van der Waals surface area contributed by atoms with Crippen molar-refractivity contribution in [2.45, 2.75) is 44.9 Å². The van der Waals surface area contributed by atoms with Gasteiger partial charge in [0, 0.05) is 24.1 Å². The lowest BCUT2D eigenvalue weighted by atomic mass is 10.0. The van der Waals surface area contributed by atoms with Gasteiger partial charge in [-0.1, -0.05) is 6.92 Å². The molecule has 1 aliphatic rings. The smallest absolute Gasteiger partial charge is 0.0701 e. The van der Waals surface area contributed by atoms with E-state index in [0.29, 0.717) is 12.1 Å². The molecule has 2 nitrogen and oxygen atoms in total. The Morgan fingerprint density at radius 2 is 2.44 bits per heavy atom. The SMILES string of the molecule is CCC1CC(NCc2ccc(Br)s2)CCO1. The molecule has 1 N–H and O–H groups in total. The fourth-order valence-electron chi connectivity index (χ4n) is 2.04. The molecule has 1 aromatic rings. The third kappa shape index (κ3) is 3.55. The summed E-state index contributed by atoms with van der Waals surface area (Å²) in [5.41, 5.74) is 0. The molecule has 2 unspecified atom stereocenters. The molecule has 1 aromatic heterocycles. The van der Waals surface area contributed by atoms with Gasteiger partial charge in [0.25, 0.3) is 0 Å². The van der Waals surface area contributed by atoms with Gasteiger partial charge >= 0.3 is 0 Å². The van der Waals surface area contributed by atoms with Crippen molar-refractivity contribution in [1.29, 1.82) is 0 Å². The predicted molar refractivity (Wildman–Crippen MR) is 71.9 cm³/mol. The Morgan fingerprint density at radius 3 is 3.12 bits per heavy atom. The molecule has 0 aliphatic carbocycles. The van der Waals surface area contributed by atoms with Crippen LogP contribution in [0.5, 0.6) is 0 Å². The number of halogens is 1. The molecule has 2 atom stereocenters. The predicted octanol–water partition coefficient (Wildman–Crippen LogP) is 3.56. The summed E-state index contributed by atoms with van der Waals surface area (Å²) >= 11 is 5.30. The fourth-order valence-corrected chi connectivity index (χ4v) is 3.48. The van der Waals surface area contributed by atoms with Crippen LogP contribution in [-0.2, 0) is 11.3 Å². The summed E-state index contributed by atoms with van der Waals surface area (Å²) in [5, 5.41) is 3.63. The van der Waals surface area contributed by atoms with E-state index < -0.39 is 0 Å². The molecule has 90 valence electrons. The van der Waals surface area contributed by atoms with Crippen molar-refractivity contribution in [3.05, 3.63) is 20.8 Å². The molecule has 0 saturated carbocycles. The van der Waals surface area contributed by atoms with Crippen molar-refractivity contribution in [1.82, 2.24) is 5.32 Å². The summed E-state index contributed by atoms with van der Waals surface area (Å²) in [6.07, 6.45) is 3.88. The maximum atomic E-state index is 5.67. The maximum Gasteiger partial charge on any atom is 0.0701 e. The van der Waals surface area contributed by atoms with Crippen LogP contribution in [0.1, 0.15) is 31.1 Å². The lowest BCUT2D eigenvalue weighted by Crippen LogP contribution is -2.38. The fraction of sp³-hybridized carbons (Fsp3) is 0.667. The number of rotatable bonds is 4. The van der Waals surface area contributed by atoms with Crippen LogP contribution in [0.2, 0.25) is 0 Å². The minimum absolute atomic E-state index is 0.460. The van der Waals surface area contributed by atoms with E-state index in [1.54, 1.807) is 11.3 Å². The zero-order valence-electron chi connectivity index (χ0n) is 9.54. The minimum Gasteiger partial charge on any atom is -0.378 e. The molecule has 16 heavy (non-hydrogen) atoms. The topological polar surface area (TPSA) is 21.3 Å². The van der Waals surface area contributed by atoms with Crippen LogP contribution in [-0.4, -0.2) is 18.8 Å². The number of hydrogen-bond acceptors (Lipinski definition) is 3. The third-order valence-corrected chi connectivity index (χ3v) is 4.64. The Kier molecular flexibility index (Phi) is 4.82. The Morgan fingerprint density at radius 1 is 1.56 bits per heavy atom. The normalized spacial score (nSPS) is 25.9. The van der Waals surface area contributed by atoms with Crippen molar-refractivity contribution in [2.24, 2.45) is 0 Å². The van der Waals surface area contributed by atoms with E-state index in [0.717, 1.165) is 32.4 Å². The molecule has 0 radical (unpaired) electrons. The summed E-state index contributed by atoms with van der Waals surface area (Å²) in [6.45, 7) is 4.09. The number of ether oxygens (including phenoxy) is 1. The Bertz CT molecular complexity index is 329. The van der Waals surface area contributed by atoms with E-state index in [-0.39, 0.29) is 0 Å². The van der Waals surface area contributed by atoms with Crippen LogP contribution in [0.4, 0.5) is 0 Å². The summed E-state index contributed by atoms with van der Waals surface area (Å²) < 4.78 is 6.88. The molecule has 1 aliphatic heterocycles. The largest absolute Gasteiger partial charge is 0.378 e. The first kappa shape index (κ1) is 12.6. The highest BCUT2D eigenvalue weighted by Gasteiger charge is 2.20. The Labute approximate surface area is 110 Å². The van der Waals surface area contributed by atoms with Gasteiger partial charge in [-0.05, 0) is 47.3 Å². The highest BCUT2D eigenvalue weighted by atomic mass is 79.9. The van der Waals surface area contributed by atoms with Crippen molar-refractivity contribution < 1.29 is 4.74 Å². The summed E-state index contributed by atoms with van der Waals surface area (Å²) in [6, 6.07) is 4.92. The van der Waals surface area contributed by atoms with Gasteiger partial charge in [-0.2, -0.15) is 0 Å². The van der Waals surface area contributed by atoms with Crippen molar-refractivity contribution in [2.75, 3.05) is 6.61 Å². The summed E-state index contributed by atoms with van der Waals surface area (Å²) in [4.78, 5) is 1.39. The summed E-state index contributed by atoms with van der Waals surface area (Å²) in [7, 11) is 0. The highest BCUT2D eigenvalue weighted by Crippen LogP contribution is 2.23. The van der Waals surface area contributed by atoms with Gasteiger partial charge in [0.2, 0.25) is 0 Å². The number of thiophene rings is 1. The second-order valence-corrected chi connectivity index (χ2v) is 6.76. The summed E-state index contributed by atoms with van der Waals surface area (Å²) in [5.74, 6) is 0. The van der Waals surface area contributed by atoms with E-state index in [1.807, 2.05) is 0 Å². The maximum absolute atomic E-state index is 5.67. The van der Waals surface area contributed by atoms with Crippen molar-refractivity contribution >= 4 is 27.3 Å². The zero-order valence-corrected chi connectivity index (χ0v) is 11.9. The second kappa shape index (κ2) is 6.15. The van der Waals surface area contributed by atoms with E-state index in [4.69, 9.17) is 4.74 Å². The van der Waals surface area contributed by atoms with E-state index >= 15 is 0 Å². The van der Waals surface area contributed by atoms with Crippen molar-refractivity contribution in [3.8, 4) is 0 Å². The lowest BCUT2D eigenvalue weighted by molar-refractivity contribution is -0.000275. The van der Waals surface area contributed by atoms with Crippen LogP contribution < -0.4 is 5.32 Å². The monoisotopic (exact) mass is 303 g/mol. The molecular formula is C12H18BrNOS. The van der Waals surface area contributed by atoms with Crippen LogP contribution in [0.25, 0.3) is 0 Å². The van der Waals surface area contributed by atoms with Gasteiger partial charge in [-0.25, -0.2) is 0 Å². The molecule has 2 rings (SSSR count). The molecule has 0 spiro atoms. The van der Waals surface area contributed by atoms with Crippen LogP contribution in [0.3, 0.4) is 0 Å². The van der Waals surface area contributed by atoms with Gasteiger partial charge in [0.15, 0.2) is 0 Å². The Hall–Kier alpha value is 0.1000. The molecule has 4 heteroatoms. The molecular weight excluding hydrogens is 286 g/mol. The number of nitrogens with one attached hydrogen (secondary N) is 1. The van der Waals surface area contributed by atoms with Gasteiger partial charge in [0.05, 0.1) is 9.89 Å². The van der Waals surface area contributed by atoms with Crippen LogP contribution in [0, 0.1) is 0 Å². The van der Waals surface area contributed by atoms with Gasteiger partial charge < -0.3 is 10.1 Å². The van der Waals surface area contributed by atoms with Crippen LogP contribution >= 0.6 is 27.3 Å². The van der Waals surface area contributed by atoms with E-state index in [9.17, 15) is 0 Å². The minimum atomic E-state index is 0.460. The van der Waals surface area contributed by atoms with E-state index in [1.165, 1.54) is 8.66 Å². The molecule has 0 amide bonds. The highest BCUT2D eigenvalue weighted by molar-refractivity contribution is 9.11. The van der Waals surface area contributed by atoms with Crippen molar-refractivity contribution in [3.63, 3.8) is 0 Å². The first-order valence-corrected chi connectivity index (χ1v) is 7.48. The third-order valence-electron chi connectivity index (χ3n) is 3.02. The van der Waals surface area contributed by atoms with Gasteiger partial charge in [0.1, 0.15) is 0 Å². The first-order chi connectivity index (χ1) is 7.78. The molecule has 1 fully saturated rings. The van der Waals surface area contributed by atoms with Gasteiger partial charge in [-0.3, -0.25) is 0 Å². The average Bonchev–Trinajstić information content (AvgIpc) is 2.73. The molecule has 0 bridgehead atoms. The number of hydrogen-bond donors (Lipinski definition) is 1.